The quantitative estimate of drug-likeness (QED) is 0.181. The molecule has 0 aliphatic carbocycles. The minimum absolute atomic E-state index is 0.920. The number of hydrogen-bond donors (Lipinski definition) is 0. The first-order valence-electron chi connectivity index (χ1n) is 12.0. The fourth-order valence-electron chi connectivity index (χ4n) is 5.83. The van der Waals surface area contributed by atoms with Gasteiger partial charge in [-0.25, -0.2) is 0 Å². The van der Waals surface area contributed by atoms with E-state index in [2.05, 4.69) is 109 Å². The molecule has 35 heavy (non-hydrogen) atoms. The molecule has 1 heteroatoms. The van der Waals surface area contributed by atoms with Crippen molar-refractivity contribution in [2.24, 2.45) is 0 Å². The lowest BCUT2D eigenvalue weighted by Gasteiger charge is -2.22. The maximum atomic E-state index is 6.33. The Morgan fingerprint density at radius 1 is 0.343 bits per heavy atom. The van der Waals surface area contributed by atoms with E-state index in [4.69, 9.17) is 4.74 Å². The summed E-state index contributed by atoms with van der Waals surface area (Å²) in [6.07, 6.45) is 0. The summed E-state index contributed by atoms with van der Waals surface area (Å²) >= 11 is 0. The summed E-state index contributed by atoms with van der Waals surface area (Å²) in [5.41, 5.74) is 4.87. The fraction of sp³-hybridized carbons (Fsp3) is 0. The summed E-state index contributed by atoms with van der Waals surface area (Å²) < 4.78 is 6.33. The molecule has 0 saturated carbocycles. The van der Waals surface area contributed by atoms with Crippen LogP contribution in [0.1, 0.15) is 0 Å². The summed E-state index contributed by atoms with van der Waals surface area (Å²) in [6.45, 7) is 0. The predicted octanol–water partition coefficient (Wildman–Crippen LogP) is 9.74. The lowest BCUT2D eigenvalue weighted by molar-refractivity contribution is 0.487. The van der Waals surface area contributed by atoms with Crippen molar-refractivity contribution in [3.05, 3.63) is 121 Å². The second kappa shape index (κ2) is 6.94. The molecule has 1 nitrogen and oxygen atoms in total. The van der Waals surface area contributed by atoms with Gasteiger partial charge in [0.25, 0.3) is 0 Å². The molecule has 0 aromatic heterocycles. The molecule has 0 bridgehead atoms. The first kappa shape index (κ1) is 18.8. The number of ether oxygens (including phenoxy) is 1. The highest BCUT2D eigenvalue weighted by atomic mass is 16.5. The molecule has 162 valence electrons. The standard InChI is InChI=1S/C34H20O/c1-2-9-24-21(7-1)15-16-23-19-22-8-5-11-25(31(22)20-30(23)24)26-17-18-29-27-10-3-4-13-32(27)35-33-14-6-12-28(26)34(29)33/h1-20H. The summed E-state index contributed by atoms with van der Waals surface area (Å²) in [5.74, 6) is 1.85. The van der Waals surface area contributed by atoms with Crippen LogP contribution in [-0.4, -0.2) is 0 Å². The number of benzene rings is 7. The third-order valence-corrected chi connectivity index (χ3v) is 7.43. The van der Waals surface area contributed by atoms with Crippen LogP contribution in [0.4, 0.5) is 0 Å². The monoisotopic (exact) mass is 444 g/mol. The van der Waals surface area contributed by atoms with Gasteiger partial charge in [0, 0.05) is 10.9 Å². The average molecular weight is 445 g/mol. The molecule has 7 aromatic carbocycles. The molecule has 0 saturated heterocycles. The largest absolute Gasteiger partial charge is 0.456 e. The van der Waals surface area contributed by atoms with Gasteiger partial charge in [0.15, 0.2) is 0 Å². The molecule has 0 amide bonds. The van der Waals surface area contributed by atoms with Crippen LogP contribution in [-0.2, 0) is 0 Å². The first-order valence-corrected chi connectivity index (χ1v) is 12.0. The van der Waals surface area contributed by atoms with Gasteiger partial charge >= 0.3 is 0 Å². The second-order valence-corrected chi connectivity index (χ2v) is 9.32. The molecule has 0 atom stereocenters. The highest BCUT2D eigenvalue weighted by Gasteiger charge is 2.21. The van der Waals surface area contributed by atoms with Gasteiger partial charge in [0.2, 0.25) is 0 Å². The second-order valence-electron chi connectivity index (χ2n) is 9.32. The van der Waals surface area contributed by atoms with E-state index in [1.807, 2.05) is 12.1 Å². The molecule has 1 aliphatic rings. The minimum atomic E-state index is 0.920. The number of fused-ring (bicyclic) bond motifs is 6. The van der Waals surface area contributed by atoms with Gasteiger partial charge in [-0.05, 0) is 78.7 Å². The fourth-order valence-corrected chi connectivity index (χ4v) is 5.83. The normalized spacial score (nSPS) is 12.2. The molecular weight excluding hydrogens is 424 g/mol. The van der Waals surface area contributed by atoms with Crippen LogP contribution in [0.5, 0.6) is 11.5 Å². The molecule has 0 fully saturated rings. The van der Waals surface area contributed by atoms with E-state index >= 15 is 0 Å². The van der Waals surface area contributed by atoms with Crippen molar-refractivity contribution in [2.45, 2.75) is 0 Å². The van der Waals surface area contributed by atoms with Gasteiger partial charge in [0.05, 0.1) is 0 Å². The SMILES string of the molecule is c1ccc2c(c1)Oc1cccc3c(-c4cccc5cc6ccc7ccccc7c6cc45)ccc-2c13. The topological polar surface area (TPSA) is 9.23 Å². The maximum Gasteiger partial charge on any atom is 0.135 e. The van der Waals surface area contributed by atoms with E-state index in [1.165, 1.54) is 59.8 Å². The summed E-state index contributed by atoms with van der Waals surface area (Å²) in [6, 6.07) is 43.7. The molecule has 0 radical (unpaired) electrons. The van der Waals surface area contributed by atoms with Crippen molar-refractivity contribution < 1.29 is 4.74 Å². The van der Waals surface area contributed by atoms with Crippen LogP contribution in [0.15, 0.2) is 121 Å². The Bertz CT molecular complexity index is 1980. The van der Waals surface area contributed by atoms with E-state index in [9.17, 15) is 0 Å². The molecule has 1 heterocycles. The van der Waals surface area contributed by atoms with Gasteiger partial charge < -0.3 is 4.74 Å². The van der Waals surface area contributed by atoms with E-state index in [1.54, 1.807) is 0 Å². The van der Waals surface area contributed by atoms with E-state index in [0.29, 0.717) is 0 Å². The highest BCUT2D eigenvalue weighted by Crippen LogP contribution is 2.49. The summed E-state index contributed by atoms with van der Waals surface area (Å²) in [4.78, 5) is 0. The number of rotatable bonds is 1. The van der Waals surface area contributed by atoms with Crippen LogP contribution in [0.25, 0.3) is 65.3 Å². The van der Waals surface area contributed by atoms with Gasteiger partial charge in [-0.2, -0.15) is 0 Å². The Balaban J connectivity index is 1.46. The molecule has 7 aromatic rings. The van der Waals surface area contributed by atoms with E-state index in [-0.39, 0.29) is 0 Å². The molecule has 1 aliphatic heterocycles. The van der Waals surface area contributed by atoms with Crippen molar-refractivity contribution in [1.82, 2.24) is 0 Å². The molecule has 0 spiro atoms. The maximum absolute atomic E-state index is 6.33. The number of hydrogen-bond acceptors (Lipinski definition) is 1. The molecule has 0 unspecified atom stereocenters. The van der Waals surface area contributed by atoms with Gasteiger partial charge in [-0.3, -0.25) is 0 Å². The molecule has 0 N–H and O–H groups in total. The van der Waals surface area contributed by atoms with Crippen LogP contribution >= 0.6 is 0 Å². The van der Waals surface area contributed by atoms with Crippen molar-refractivity contribution >= 4 is 43.1 Å². The Morgan fingerprint density at radius 2 is 1.00 bits per heavy atom. The van der Waals surface area contributed by atoms with Crippen LogP contribution in [0, 0.1) is 0 Å². The van der Waals surface area contributed by atoms with Crippen molar-refractivity contribution in [3.8, 4) is 33.8 Å². The zero-order valence-electron chi connectivity index (χ0n) is 19.0. The highest BCUT2D eigenvalue weighted by molar-refractivity contribution is 6.17. The summed E-state index contributed by atoms with van der Waals surface area (Å²) in [5, 5.41) is 10.1. The van der Waals surface area contributed by atoms with Gasteiger partial charge in [0.1, 0.15) is 11.5 Å². The zero-order valence-corrected chi connectivity index (χ0v) is 19.0. The smallest absolute Gasteiger partial charge is 0.135 e. The van der Waals surface area contributed by atoms with Crippen LogP contribution in [0.3, 0.4) is 0 Å². The minimum Gasteiger partial charge on any atom is -0.456 e. The first-order chi connectivity index (χ1) is 17.3. The average Bonchev–Trinajstić information content (AvgIpc) is 2.92. The lowest BCUT2D eigenvalue weighted by Crippen LogP contribution is -1.97. The van der Waals surface area contributed by atoms with E-state index < -0.39 is 0 Å². The lowest BCUT2D eigenvalue weighted by atomic mass is 9.88. The molecule has 8 rings (SSSR count). The number of para-hydroxylation sites is 1. The van der Waals surface area contributed by atoms with Crippen LogP contribution < -0.4 is 4.74 Å². The zero-order chi connectivity index (χ0) is 22.9. The van der Waals surface area contributed by atoms with Crippen LogP contribution in [0.2, 0.25) is 0 Å². The van der Waals surface area contributed by atoms with Crippen molar-refractivity contribution in [3.63, 3.8) is 0 Å². The molecular formula is C34H20O. The third kappa shape index (κ3) is 2.64. The Kier molecular flexibility index (Phi) is 3.72. The summed E-state index contributed by atoms with van der Waals surface area (Å²) in [7, 11) is 0. The third-order valence-electron chi connectivity index (χ3n) is 7.43. The van der Waals surface area contributed by atoms with Gasteiger partial charge in [-0.1, -0.05) is 97.1 Å². The Morgan fingerprint density at radius 3 is 2.00 bits per heavy atom. The Hall–Kier alpha value is -4.62. The predicted molar refractivity (Wildman–Crippen MR) is 147 cm³/mol. The van der Waals surface area contributed by atoms with Crippen molar-refractivity contribution in [1.29, 1.82) is 0 Å². The van der Waals surface area contributed by atoms with Gasteiger partial charge in [-0.15, -0.1) is 0 Å². The Labute approximate surface area is 202 Å². The van der Waals surface area contributed by atoms with E-state index in [0.717, 1.165) is 17.1 Å². The van der Waals surface area contributed by atoms with Crippen molar-refractivity contribution in [2.75, 3.05) is 0 Å².